The second-order valence-electron chi connectivity index (χ2n) is 12.0. The first-order valence-corrected chi connectivity index (χ1v) is 15.1. The van der Waals surface area contributed by atoms with Gasteiger partial charge in [0.2, 0.25) is 0 Å². The van der Waals surface area contributed by atoms with Gasteiger partial charge in [-0.1, -0.05) is 147 Å². The number of nitrogens with two attached hydrogens (primary N) is 1. The lowest BCUT2D eigenvalue weighted by Gasteiger charge is -2.23. The Hall–Kier alpha value is -4.92. The number of benzene rings is 6. The number of hydrogen-bond donors (Lipinski definition) is 2. The van der Waals surface area contributed by atoms with Gasteiger partial charge >= 0.3 is 0 Å². The lowest BCUT2D eigenvalue weighted by molar-refractivity contribution is 0.659. The molecular formula is C41H36N2. The van der Waals surface area contributed by atoms with Gasteiger partial charge in [-0.3, -0.25) is 0 Å². The summed E-state index contributed by atoms with van der Waals surface area (Å²) in [5, 5.41) is 6.26. The predicted molar refractivity (Wildman–Crippen MR) is 182 cm³/mol. The molecule has 1 atom stereocenters. The molecule has 0 bridgehead atoms. The molecule has 0 heterocycles. The largest absolute Gasteiger partial charge is 0.366 e. The van der Waals surface area contributed by atoms with Crippen LogP contribution in [0.2, 0.25) is 0 Å². The molecule has 0 amide bonds. The minimum atomic E-state index is -0.339. The van der Waals surface area contributed by atoms with Gasteiger partial charge in [-0.2, -0.15) is 0 Å². The molecule has 0 saturated carbocycles. The van der Waals surface area contributed by atoms with E-state index in [1.807, 2.05) is 18.2 Å². The summed E-state index contributed by atoms with van der Waals surface area (Å²) in [6.07, 6.45) is 2.76. The molecule has 0 aliphatic heterocycles. The van der Waals surface area contributed by atoms with Crippen LogP contribution in [0, 0.1) is 0 Å². The van der Waals surface area contributed by atoms with E-state index < -0.39 is 0 Å². The van der Waals surface area contributed by atoms with E-state index in [9.17, 15) is 0 Å². The van der Waals surface area contributed by atoms with Gasteiger partial charge in [-0.25, -0.2) is 0 Å². The van der Waals surface area contributed by atoms with Crippen molar-refractivity contribution in [1.82, 2.24) is 5.32 Å². The fourth-order valence-corrected chi connectivity index (χ4v) is 6.54. The Kier molecular flexibility index (Phi) is 6.93. The summed E-state index contributed by atoms with van der Waals surface area (Å²) >= 11 is 0. The van der Waals surface area contributed by atoms with Crippen LogP contribution in [0.3, 0.4) is 0 Å². The number of fused-ring (bicyclic) bond motifs is 4. The summed E-state index contributed by atoms with van der Waals surface area (Å²) in [5.41, 5.74) is 19.0. The summed E-state index contributed by atoms with van der Waals surface area (Å²) in [6.45, 7) is 4.69. The van der Waals surface area contributed by atoms with Gasteiger partial charge in [0, 0.05) is 16.7 Å². The van der Waals surface area contributed by atoms with Crippen LogP contribution in [-0.2, 0) is 11.8 Å². The van der Waals surface area contributed by atoms with Crippen molar-refractivity contribution in [2.75, 3.05) is 0 Å². The summed E-state index contributed by atoms with van der Waals surface area (Å²) in [4.78, 5) is 0. The van der Waals surface area contributed by atoms with Crippen LogP contribution in [0.15, 0.2) is 146 Å². The van der Waals surface area contributed by atoms with Crippen LogP contribution in [0.4, 0.5) is 0 Å². The number of rotatable bonds is 7. The van der Waals surface area contributed by atoms with E-state index in [2.05, 4.69) is 147 Å². The topological polar surface area (TPSA) is 38.0 Å². The van der Waals surface area contributed by atoms with Gasteiger partial charge in [0.05, 0.1) is 0 Å². The van der Waals surface area contributed by atoms with Crippen molar-refractivity contribution >= 4 is 16.5 Å². The Morgan fingerprint density at radius 2 is 1.30 bits per heavy atom. The standard InChI is InChI=1S/C41H36N2/c1-41(2)36-19-11-18-34(39(36)35-26-32-16-9-10-17-33(32)27-37(35)41)38(43-40(42)31-14-7-4-8-15-31)25-22-28-20-23-30(24-21-28)29-12-5-3-6-13-29/h3-21,23-27,40,43H,22,42H2,1-2H3/b38-25-. The third-order valence-corrected chi connectivity index (χ3v) is 8.93. The maximum Gasteiger partial charge on any atom is 0.101 e. The molecule has 7 rings (SSSR count). The lowest BCUT2D eigenvalue weighted by Crippen LogP contribution is -2.28. The highest BCUT2D eigenvalue weighted by atomic mass is 15.0. The van der Waals surface area contributed by atoms with E-state index in [1.165, 1.54) is 55.3 Å². The second kappa shape index (κ2) is 11.1. The molecule has 0 saturated heterocycles. The van der Waals surface area contributed by atoms with Crippen LogP contribution in [-0.4, -0.2) is 0 Å². The minimum absolute atomic E-state index is 0.107. The fourth-order valence-electron chi connectivity index (χ4n) is 6.54. The monoisotopic (exact) mass is 556 g/mol. The van der Waals surface area contributed by atoms with Gasteiger partial charge in [-0.05, 0) is 73.8 Å². The summed E-state index contributed by atoms with van der Waals surface area (Å²) in [7, 11) is 0. The van der Waals surface area contributed by atoms with Gasteiger partial charge < -0.3 is 11.1 Å². The second-order valence-corrected chi connectivity index (χ2v) is 12.0. The molecule has 0 radical (unpaired) electrons. The number of hydrogen-bond acceptors (Lipinski definition) is 2. The smallest absolute Gasteiger partial charge is 0.101 e. The van der Waals surface area contributed by atoms with E-state index in [0.717, 1.165) is 17.7 Å². The molecule has 1 aliphatic rings. The van der Waals surface area contributed by atoms with Crippen molar-refractivity contribution in [2.24, 2.45) is 5.73 Å². The fraction of sp³-hybridized carbons (Fsp3) is 0.122. The lowest BCUT2D eigenvalue weighted by atomic mass is 9.81. The van der Waals surface area contributed by atoms with E-state index in [1.54, 1.807) is 0 Å². The molecule has 1 unspecified atom stereocenters. The summed E-state index contributed by atoms with van der Waals surface area (Å²) < 4.78 is 0. The maximum absolute atomic E-state index is 6.80. The zero-order valence-corrected chi connectivity index (χ0v) is 24.7. The summed E-state index contributed by atoms with van der Waals surface area (Å²) in [6, 6.07) is 49.8. The van der Waals surface area contributed by atoms with Gasteiger partial charge in [0.1, 0.15) is 6.17 Å². The van der Waals surface area contributed by atoms with Gasteiger partial charge in [0.25, 0.3) is 0 Å². The molecule has 6 aromatic rings. The molecule has 210 valence electrons. The molecule has 2 heteroatoms. The van der Waals surface area contributed by atoms with E-state index in [0.29, 0.717) is 0 Å². The first-order chi connectivity index (χ1) is 21.0. The van der Waals surface area contributed by atoms with Crippen LogP contribution in [0.5, 0.6) is 0 Å². The molecule has 6 aromatic carbocycles. The average molecular weight is 557 g/mol. The highest BCUT2D eigenvalue weighted by molar-refractivity contribution is 5.97. The van der Waals surface area contributed by atoms with Crippen molar-refractivity contribution in [3.63, 3.8) is 0 Å². The third-order valence-electron chi connectivity index (χ3n) is 8.93. The molecule has 2 nitrogen and oxygen atoms in total. The third kappa shape index (κ3) is 5.05. The molecule has 1 aliphatic carbocycles. The van der Waals surface area contributed by atoms with Crippen LogP contribution >= 0.6 is 0 Å². The SMILES string of the molecule is CC1(C)c2cc3ccccc3cc2-c2c(/C(=C/Cc3ccc(-c4ccccc4)cc3)NC(N)c3ccccc3)cccc21. The molecular weight excluding hydrogens is 520 g/mol. The molecule has 3 N–H and O–H groups in total. The highest BCUT2D eigenvalue weighted by Crippen LogP contribution is 2.52. The van der Waals surface area contributed by atoms with Gasteiger partial charge in [0.15, 0.2) is 0 Å². The van der Waals surface area contributed by atoms with Crippen LogP contribution < -0.4 is 11.1 Å². The Balaban J connectivity index is 1.32. The summed E-state index contributed by atoms with van der Waals surface area (Å²) in [5.74, 6) is 0. The quantitative estimate of drug-likeness (QED) is 0.192. The van der Waals surface area contributed by atoms with E-state index in [-0.39, 0.29) is 11.6 Å². The van der Waals surface area contributed by atoms with Gasteiger partial charge in [-0.15, -0.1) is 0 Å². The zero-order chi connectivity index (χ0) is 29.4. The van der Waals surface area contributed by atoms with Crippen molar-refractivity contribution in [1.29, 1.82) is 0 Å². The Morgan fingerprint density at radius 3 is 2.02 bits per heavy atom. The Morgan fingerprint density at radius 1 is 0.674 bits per heavy atom. The zero-order valence-electron chi connectivity index (χ0n) is 24.7. The van der Waals surface area contributed by atoms with Crippen LogP contribution in [0.1, 0.15) is 47.8 Å². The predicted octanol–water partition coefficient (Wildman–Crippen LogP) is 9.64. The first-order valence-electron chi connectivity index (χ1n) is 15.1. The Labute approximate surface area is 254 Å². The van der Waals surface area contributed by atoms with Crippen molar-refractivity contribution in [2.45, 2.75) is 31.8 Å². The molecule has 43 heavy (non-hydrogen) atoms. The Bertz CT molecular complexity index is 1930. The van der Waals surface area contributed by atoms with E-state index in [4.69, 9.17) is 5.73 Å². The van der Waals surface area contributed by atoms with Crippen LogP contribution in [0.25, 0.3) is 38.7 Å². The van der Waals surface area contributed by atoms with Crippen molar-refractivity contribution in [3.8, 4) is 22.3 Å². The molecule has 0 aromatic heterocycles. The molecule has 0 spiro atoms. The molecule has 0 fully saturated rings. The number of allylic oxidation sites excluding steroid dienone is 1. The number of nitrogens with one attached hydrogen (secondary N) is 1. The van der Waals surface area contributed by atoms with Crippen molar-refractivity contribution < 1.29 is 0 Å². The van der Waals surface area contributed by atoms with Crippen molar-refractivity contribution in [3.05, 3.63) is 173 Å². The maximum atomic E-state index is 6.80. The minimum Gasteiger partial charge on any atom is -0.366 e. The average Bonchev–Trinajstić information content (AvgIpc) is 3.28. The first kappa shape index (κ1) is 26.9. The normalized spacial score (nSPS) is 14.3. The highest BCUT2D eigenvalue weighted by Gasteiger charge is 2.37. The van der Waals surface area contributed by atoms with E-state index >= 15 is 0 Å².